The van der Waals surface area contributed by atoms with Crippen molar-refractivity contribution in [2.24, 2.45) is 7.05 Å². The van der Waals surface area contributed by atoms with Gasteiger partial charge in [0.2, 0.25) is 10.0 Å². The molecule has 7 heteroatoms. The molecule has 0 bridgehead atoms. The van der Waals surface area contributed by atoms with E-state index in [1.165, 1.54) is 0 Å². The number of sulfonamides is 1. The van der Waals surface area contributed by atoms with Crippen LogP contribution in [0.3, 0.4) is 0 Å². The number of aromatic nitrogens is 2. The van der Waals surface area contributed by atoms with Gasteiger partial charge in [-0.2, -0.15) is 0 Å². The van der Waals surface area contributed by atoms with E-state index in [1.54, 1.807) is 31.5 Å². The van der Waals surface area contributed by atoms with Crippen LogP contribution in [0.5, 0.6) is 0 Å². The van der Waals surface area contributed by atoms with Crippen LogP contribution in [0, 0.1) is 0 Å². The lowest BCUT2D eigenvalue weighted by atomic mass is 10.1. The summed E-state index contributed by atoms with van der Waals surface area (Å²) in [5, 5.41) is 3.38. The molecule has 0 saturated heterocycles. The fourth-order valence-corrected chi connectivity index (χ4v) is 3.74. The van der Waals surface area contributed by atoms with E-state index in [-0.39, 0.29) is 4.90 Å². The lowest BCUT2D eigenvalue weighted by Crippen LogP contribution is -2.23. The molecule has 26 heavy (non-hydrogen) atoms. The van der Waals surface area contributed by atoms with Crippen molar-refractivity contribution >= 4 is 15.7 Å². The largest absolute Gasteiger partial charge is 0.380 e. The highest BCUT2D eigenvalue weighted by Crippen LogP contribution is 2.30. The Balaban J connectivity index is 1.98. The first-order valence-corrected chi connectivity index (χ1v) is 9.88. The molecule has 1 aromatic heterocycles. The van der Waals surface area contributed by atoms with Crippen LogP contribution in [-0.4, -0.2) is 24.5 Å². The number of aryl methyl sites for hydroxylation is 1. The molecule has 0 spiro atoms. The molecule has 136 valence electrons. The second-order valence-electron chi connectivity index (χ2n) is 5.97. The van der Waals surface area contributed by atoms with Crippen LogP contribution in [0.15, 0.2) is 66.0 Å². The molecule has 0 atom stereocenters. The first-order chi connectivity index (χ1) is 12.5. The summed E-state index contributed by atoms with van der Waals surface area (Å²) in [6, 6.07) is 15.1. The fourth-order valence-electron chi connectivity index (χ4n) is 2.67. The van der Waals surface area contributed by atoms with Crippen molar-refractivity contribution in [2.75, 3.05) is 11.9 Å². The van der Waals surface area contributed by atoms with Crippen LogP contribution in [0.1, 0.15) is 12.5 Å². The topological polar surface area (TPSA) is 76.0 Å². The molecular formula is C19H22N4O2S. The van der Waals surface area contributed by atoms with E-state index in [0.29, 0.717) is 13.1 Å². The minimum absolute atomic E-state index is 0.227. The summed E-state index contributed by atoms with van der Waals surface area (Å²) in [7, 11) is -1.65. The molecule has 0 aliphatic carbocycles. The van der Waals surface area contributed by atoms with Crippen molar-refractivity contribution in [3.63, 3.8) is 0 Å². The first-order valence-electron chi connectivity index (χ1n) is 8.39. The number of nitrogens with one attached hydrogen (secondary N) is 2. The number of rotatable bonds is 7. The summed E-state index contributed by atoms with van der Waals surface area (Å²) in [6.07, 6.45) is 3.56. The molecule has 0 aliphatic heterocycles. The van der Waals surface area contributed by atoms with Crippen LogP contribution >= 0.6 is 0 Å². The first kappa shape index (κ1) is 18.2. The van der Waals surface area contributed by atoms with E-state index in [0.717, 1.165) is 22.5 Å². The van der Waals surface area contributed by atoms with Crippen LogP contribution in [-0.2, 0) is 23.6 Å². The van der Waals surface area contributed by atoms with Gasteiger partial charge < -0.3 is 9.88 Å². The fraction of sp³-hybridized carbons (Fsp3) is 0.211. The van der Waals surface area contributed by atoms with Gasteiger partial charge >= 0.3 is 0 Å². The third-order valence-electron chi connectivity index (χ3n) is 3.94. The van der Waals surface area contributed by atoms with E-state index >= 15 is 0 Å². The number of nitrogens with zero attached hydrogens (tertiary/aromatic N) is 2. The summed E-state index contributed by atoms with van der Waals surface area (Å²) < 4.78 is 29.1. The van der Waals surface area contributed by atoms with Gasteiger partial charge in [0.05, 0.1) is 16.9 Å². The van der Waals surface area contributed by atoms with Crippen LogP contribution in [0.4, 0.5) is 5.69 Å². The highest BCUT2D eigenvalue weighted by molar-refractivity contribution is 7.89. The van der Waals surface area contributed by atoms with Gasteiger partial charge in [-0.1, -0.05) is 37.3 Å². The third-order valence-corrected chi connectivity index (χ3v) is 5.49. The van der Waals surface area contributed by atoms with Gasteiger partial charge in [0, 0.05) is 37.6 Å². The molecule has 0 amide bonds. The van der Waals surface area contributed by atoms with Gasteiger partial charge in [-0.25, -0.2) is 18.1 Å². The lowest BCUT2D eigenvalue weighted by Gasteiger charge is -2.13. The van der Waals surface area contributed by atoms with Crippen molar-refractivity contribution in [1.82, 2.24) is 14.3 Å². The van der Waals surface area contributed by atoms with Gasteiger partial charge in [-0.3, -0.25) is 0 Å². The van der Waals surface area contributed by atoms with Gasteiger partial charge in [-0.05, 0) is 23.8 Å². The van der Waals surface area contributed by atoms with Crippen molar-refractivity contribution in [2.45, 2.75) is 18.4 Å². The summed E-state index contributed by atoms with van der Waals surface area (Å²) in [5.74, 6) is 0. The highest BCUT2D eigenvalue weighted by atomic mass is 32.2. The highest BCUT2D eigenvalue weighted by Gasteiger charge is 2.17. The van der Waals surface area contributed by atoms with E-state index in [9.17, 15) is 8.42 Å². The zero-order valence-electron chi connectivity index (χ0n) is 14.8. The van der Waals surface area contributed by atoms with Gasteiger partial charge in [0.15, 0.2) is 0 Å². The third kappa shape index (κ3) is 4.12. The molecule has 0 fully saturated rings. The Morgan fingerprint density at radius 1 is 1.12 bits per heavy atom. The molecule has 3 aromatic rings. The van der Waals surface area contributed by atoms with Crippen molar-refractivity contribution in [3.05, 3.63) is 66.6 Å². The number of benzene rings is 2. The van der Waals surface area contributed by atoms with Crippen molar-refractivity contribution in [3.8, 4) is 11.3 Å². The summed E-state index contributed by atoms with van der Waals surface area (Å²) >= 11 is 0. The Kier molecular flexibility index (Phi) is 5.39. The van der Waals surface area contributed by atoms with E-state index in [2.05, 4.69) is 15.0 Å². The quantitative estimate of drug-likeness (QED) is 0.670. The van der Waals surface area contributed by atoms with E-state index in [4.69, 9.17) is 0 Å². The Morgan fingerprint density at radius 3 is 2.54 bits per heavy atom. The molecule has 2 N–H and O–H groups in total. The normalized spacial score (nSPS) is 11.5. The Hall–Kier alpha value is -2.64. The molecular weight excluding hydrogens is 348 g/mol. The summed E-state index contributed by atoms with van der Waals surface area (Å²) in [4.78, 5) is 4.61. The minimum Gasteiger partial charge on any atom is -0.380 e. The molecule has 2 aromatic carbocycles. The average Bonchev–Trinajstić information content (AvgIpc) is 3.07. The number of hydrogen-bond acceptors (Lipinski definition) is 4. The van der Waals surface area contributed by atoms with Crippen LogP contribution in [0.25, 0.3) is 11.3 Å². The van der Waals surface area contributed by atoms with Crippen molar-refractivity contribution < 1.29 is 8.42 Å². The molecule has 6 nitrogen and oxygen atoms in total. The van der Waals surface area contributed by atoms with Crippen LogP contribution in [0.2, 0.25) is 0 Å². The maximum atomic E-state index is 12.4. The smallest absolute Gasteiger partial charge is 0.240 e. The second-order valence-corrected chi connectivity index (χ2v) is 7.74. The van der Waals surface area contributed by atoms with Gasteiger partial charge in [0.1, 0.15) is 0 Å². The monoisotopic (exact) mass is 370 g/mol. The molecule has 0 unspecified atom stereocenters. The van der Waals surface area contributed by atoms with Gasteiger partial charge in [0.25, 0.3) is 0 Å². The molecule has 0 aliphatic rings. The van der Waals surface area contributed by atoms with E-state index in [1.807, 2.05) is 48.1 Å². The zero-order valence-corrected chi connectivity index (χ0v) is 15.6. The average molecular weight is 370 g/mol. The van der Waals surface area contributed by atoms with E-state index < -0.39 is 10.0 Å². The number of imidazole rings is 1. The van der Waals surface area contributed by atoms with Crippen molar-refractivity contribution in [1.29, 1.82) is 0 Å². The zero-order chi connectivity index (χ0) is 18.6. The van der Waals surface area contributed by atoms with Crippen LogP contribution < -0.4 is 10.0 Å². The van der Waals surface area contributed by atoms with Gasteiger partial charge in [-0.15, -0.1) is 0 Å². The Bertz CT molecular complexity index is 982. The number of hydrogen-bond donors (Lipinski definition) is 2. The molecule has 0 saturated carbocycles. The summed E-state index contributed by atoms with van der Waals surface area (Å²) in [6.45, 7) is 2.74. The SMILES string of the molecule is CCNS(=O)(=O)c1ccc(NCc2ccccc2)c(-c2cn(C)cn2)c1. The lowest BCUT2D eigenvalue weighted by molar-refractivity contribution is 0.584. The second kappa shape index (κ2) is 7.72. The Morgan fingerprint density at radius 2 is 1.88 bits per heavy atom. The molecule has 0 radical (unpaired) electrons. The predicted molar refractivity (Wildman–Crippen MR) is 103 cm³/mol. The Labute approximate surface area is 154 Å². The molecule has 1 heterocycles. The minimum atomic E-state index is -3.53. The maximum Gasteiger partial charge on any atom is 0.240 e. The number of anilines is 1. The molecule has 3 rings (SSSR count). The summed E-state index contributed by atoms with van der Waals surface area (Å²) in [5.41, 5.74) is 3.45. The maximum absolute atomic E-state index is 12.4. The standard InChI is InChI=1S/C19H22N4O2S/c1-3-22-26(24,25)16-9-10-18(20-12-15-7-5-4-6-8-15)17(11-16)19-13-23(2)14-21-19/h4-11,13-14,20,22H,3,12H2,1-2H3. The predicted octanol–water partition coefficient (Wildman–Crippen LogP) is 3.00.